The Bertz CT molecular complexity index is 573. The van der Waals surface area contributed by atoms with E-state index in [0.717, 1.165) is 41.4 Å². The molecule has 24 heavy (non-hydrogen) atoms. The second kappa shape index (κ2) is 11.4. The van der Waals surface area contributed by atoms with Gasteiger partial charge in [0, 0.05) is 12.2 Å². The largest absolute Gasteiger partial charge is 0.384 e. The highest BCUT2D eigenvalue weighted by Crippen LogP contribution is 2.27. The molecule has 1 rings (SSSR count). The number of anilines is 1. The van der Waals surface area contributed by atoms with Crippen molar-refractivity contribution in [2.45, 2.75) is 71.9 Å². The summed E-state index contributed by atoms with van der Waals surface area (Å²) in [6, 6.07) is 2.33. The molecule has 0 amide bonds. The van der Waals surface area contributed by atoms with Crippen LogP contribution in [0.1, 0.15) is 69.2 Å². The van der Waals surface area contributed by atoms with Crippen LogP contribution in [0.15, 0.2) is 0 Å². The molecule has 0 saturated carbocycles. The van der Waals surface area contributed by atoms with Crippen LogP contribution in [0.25, 0.3) is 0 Å². The number of nitrogens with zero attached hydrogens (tertiary/aromatic N) is 2. The molecular formula is C18H30N4S2. The Labute approximate surface area is 156 Å². The molecule has 4 nitrogen and oxygen atoms in total. The van der Waals surface area contributed by atoms with Gasteiger partial charge in [-0.3, -0.25) is 0 Å². The number of rotatable bonds is 10. The van der Waals surface area contributed by atoms with Crippen LogP contribution in [0.4, 0.5) is 5.82 Å². The van der Waals surface area contributed by atoms with Gasteiger partial charge in [0.25, 0.3) is 0 Å². The van der Waals surface area contributed by atoms with Crippen LogP contribution in [-0.2, 0) is 19.5 Å². The maximum Gasteiger partial charge on any atom is 0.133 e. The Morgan fingerprint density at radius 1 is 1.25 bits per heavy atom. The topological polar surface area (TPSA) is 66.8 Å². The molecule has 134 valence electrons. The molecule has 0 unspecified atom stereocenters. The molecule has 3 N–H and O–H groups in total. The monoisotopic (exact) mass is 366 g/mol. The van der Waals surface area contributed by atoms with Crippen LogP contribution in [-0.4, -0.2) is 15.1 Å². The Hall–Kier alpha value is -1.19. The van der Waals surface area contributed by atoms with E-state index in [4.69, 9.17) is 18.0 Å². The molecule has 0 atom stereocenters. The van der Waals surface area contributed by atoms with Crippen LogP contribution in [0.5, 0.6) is 0 Å². The maximum atomic E-state index is 9.58. The zero-order chi connectivity index (χ0) is 17.9. The molecule has 0 aliphatic heterocycles. The molecule has 0 radical (unpaired) electrons. The summed E-state index contributed by atoms with van der Waals surface area (Å²) in [4.78, 5) is 0. The molecule has 1 aromatic heterocycles. The van der Waals surface area contributed by atoms with Gasteiger partial charge in [0.05, 0.1) is 12.1 Å². The normalized spacial score (nSPS) is 10.6. The van der Waals surface area contributed by atoms with Crippen LogP contribution in [0.2, 0.25) is 0 Å². The van der Waals surface area contributed by atoms with Gasteiger partial charge < -0.3 is 15.6 Å². The van der Waals surface area contributed by atoms with Crippen molar-refractivity contribution >= 4 is 34.1 Å². The first-order chi connectivity index (χ1) is 11.6. The van der Waals surface area contributed by atoms with Gasteiger partial charge in [-0.15, -0.1) is 11.8 Å². The van der Waals surface area contributed by atoms with Crippen molar-refractivity contribution in [2.24, 2.45) is 0 Å². The first-order valence-electron chi connectivity index (χ1n) is 8.82. The molecule has 0 aliphatic rings. The zero-order valence-corrected chi connectivity index (χ0v) is 16.8. The van der Waals surface area contributed by atoms with Gasteiger partial charge >= 0.3 is 0 Å². The molecule has 1 heterocycles. The molecule has 0 aliphatic carbocycles. The van der Waals surface area contributed by atoms with E-state index in [9.17, 15) is 5.26 Å². The van der Waals surface area contributed by atoms with E-state index in [1.54, 1.807) is 0 Å². The van der Waals surface area contributed by atoms with Crippen LogP contribution in [0.3, 0.4) is 0 Å². The molecule has 0 fully saturated rings. The predicted octanol–water partition coefficient (Wildman–Crippen LogP) is 4.60. The fraction of sp³-hybridized carbons (Fsp3) is 0.667. The first kappa shape index (κ1) is 20.9. The van der Waals surface area contributed by atoms with Crippen molar-refractivity contribution in [1.82, 2.24) is 9.88 Å². The maximum absolute atomic E-state index is 9.58. The Kier molecular flexibility index (Phi) is 9.89. The Morgan fingerprint density at radius 2 is 1.96 bits per heavy atom. The van der Waals surface area contributed by atoms with Crippen molar-refractivity contribution in [1.29, 1.82) is 5.26 Å². The quantitative estimate of drug-likeness (QED) is 0.468. The minimum absolute atomic E-state index is 0.606. The minimum Gasteiger partial charge on any atom is -0.384 e. The lowest BCUT2D eigenvalue weighted by atomic mass is 10.0. The summed E-state index contributed by atoms with van der Waals surface area (Å²) >= 11 is 6.78. The number of nitriles is 1. The average molecular weight is 367 g/mol. The number of thiocarbonyl (C=S) groups is 1. The second-order valence-corrected chi connectivity index (χ2v) is 7.44. The van der Waals surface area contributed by atoms with Gasteiger partial charge in [-0.1, -0.05) is 51.7 Å². The molecule has 0 spiro atoms. The zero-order valence-electron chi connectivity index (χ0n) is 15.2. The van der Waals surface area contributed by atoms with E-state index < -0.39 is 0 Å². The van der Waals surface area contributed by atoms with E-state index in [1.807, 2.05) is 6.26 Å². The third kappa shape index (κ3) is 5.71. The summed E-state index contributed by atoms with van der Waals surface area (Å²) in [5.74, 6) is 0.606. The highest BCUT2D eigenvalue weighted by molar-refractivity contribution is 8.22. The number of hydrogen-bond acceptors (Lipinski definition) is 4. The summed E-state index contributed by atoms with van der Waals surface area (Å²) in [6.45, 7) is 5.81. The highest BCUT2D eigenvalue weighted by atomic mass is 32.2. The number of unbranched alkanes of at least 4 members (excludes halogenated alkanes) is 4. The standard InChI is InChI=1S/C18H30N4S2/c1-4-6-7-8-9-10-14-15(12-19)17(20)22(11-5-2)16(14)13-21-18(23)24-3/h4-11,13,20H2,1-3H3,(H,21,23). The van der Waals surface area contributed by atoms with Gasteiger partial charge in [0.15, 0.2) is 0 Å². The summed E-state index contributed by atoms with van der Waals surface area (Å²) in [7, 11) is 0. The predicted molar refractivity (Wildman–Crippen MR) is 109 cm³/mol. The fourth-order valence-corrected chi connectivity index (χ4v) is 3.24. The number of thioether (sulfide) groups is 1. The molecule has 6 heteroatoms. The summed E-state index contributed by atoms with van der Waals surface area (Å²) in [5, 5.41) is 12.8. The lowest BCUT2D eigenvalue weighted by molar-refractivity contribution is 0.619. The van der Waals surface area contributed by atoms with Crippen molar-refractivity contribution < 1.29 is 0 Å². The number of nitrogens with two attached hydrogens (primary N) is 1. The molecule has 0 saturated heterocycles. The van der Waals surface area contributed by atoms with E-state index in [-0.39, 0.29) is 0 Å². The van der Waals surface area contributed by atoms with Gasteiger partial charge in [0.1, 0.15) is 16.2 Å². The number of nitrogens with one attached hydrogen (secondary N) is 1. The van der Waals surface area contributed by atoms with E-state index in [0.29, 0.717) is 17.9 Å². The van der Waals surface area contributed by atoms with Gasteiger partial charge in [0.2, 0.25) is 0 Å². The van der Waals surface area contributed by atoms with Crippen LogP contribution in [0, 0.1) is 11.3 Å². The number of aromatic nitrogens is 1. The van der Waals surface area contributed by atoms with Crippen molar-refractivity contribution in [3.8, 4) is 6.07 Å². The fourth-order valence-electron chi connectivity index (χ4n) is 2.95. The SMILES string of the molecule is CCCCCCCc1c(C#N)c(N)n(CCC)c1CNC(=S)SC. The highest BCUT2D eigenvalue weighted by Gasteiger charge is 2.20. The third-order valence-corrected chi connectivity index (χ3v) is 5.36. The third-order valence-electron chi connectivity index (χ3n) is 4.20. The number of hydrogen-bond donors (Lipinski definition) is 2. The van der Waals surface area contributed by atoms with Gasteiger partial charge in [-0.05, 0) is 31.1 Å². The molecule has 0 bridgehead atoms. The van der Waals surface area contributed by atoms with Crippen LogP contribution >= 0.6 is 24.0 Å². The van der Waals surface area contributed by atoms with Crippen molar-refractivity contribution in [3.05, 3.63) is 16.8 Å². The lowest BCUT2D eigenvalue weighted by Gasteiger charge is -2.13. The van der Waals surface area contributed by atoms with Gasteiger partial charge in [-0.25, -0.2) is 0 Å². The molecule has 0 aromatic carbocycles. The molecule has 1 aromatic rings. The summed E-state index contributed by atoms with van der Waals surface area (Å²) < 4.78 is 2.86. The number of nitrogen functional groups attached to an aromatic ring is 1. The summed E-state index contributed by atoms with van der Waals surface area (Å²) in [5.41, 5.74) is 9.16. The van der Waals surface area contributed by atoms with Crippen molar-refractivity contribution in [2.75, 3.05) is 12.0 Å². The lowest BCUT2D eigenvalue weighted by Crippen LogP contribution is -2.21. The Morgan fingerprint density at radius 3 is 2.54 bits per heavy atom. The average Bonchev–Trinajstić information content (AvgIpc) is 2.84. The van der Waals surface area contributed by atoms with Crippen LogP contribution < -0.4 is 11.1 Å². The smallest absolute Gasteiger partial charge is 0.133 e. The minimum atomic E-state index is 0.606. The first-order valence-corrected chi connectivity index (χ1v) is 10.5. The van der Waals surface area contributed by atoms with E-state index >= 15 is 0 Å². The van der Waals surface area contributed by atoms with Crippen molar-refractivity contribution in [3.63, 3.8) is 0 Å². The Balaban J connectivity index is 3.00. The van der Waals surface area contributed by atoms with Gasteiger partial charge in [-0.2, -0.15) is 5.26 Å². The second-order valence-electron chi connectivity index (χ2n) is 5.96. The molecular weight excluding hydrogens is 336 g/mol. The van der Waals surface area contributed by atoms with E-state index in [1.165, 1.54) is 37.4 Å². The van der Waals surface area contributed by atoms with E-state index in [2.05, 4.69) is 29.8 Å². The summed E-state index contributed by atoms with van der Waals surface area (Å²) in [6.07, 6.45) is 9.94.